The quantitative estimate of drug-likeness (QED) is 0.0214. The molecule has 0 aliphatic carbocycles. The molecule has 10 heteroatoms. The molecule has 0 radical (unpaired) electrons. The van der Waals surface area contributed by atoms with Gasteiger partial charge in [0, 0.05) is 12.8 Å². The summed E-state index contributed by atoms with van der Waals surface area (Å²) in [6, 6.07) is 0. The number of unbranched alkanes of at least 4 members (excludes halogenated alkanes) is 16. The lowest BCUT2D eigenvalue weighted by Gasteiger charge is -2.24. The third-order valence-electron chi connectivity index (χ3n) is 9.27. The number of hydrogen-bond acceptors (Lipinski definition) is 7. The van der Waals surface area contributed by atoms with Gasteiger partial charge in [0.05, 0.1) is 27.7 Å². The second-order valence-electron chi connectivity index (χ2n) is 16.1. The van der Waals surface area contributed by atoms with Crippen molar-refractivity contribution in [1.82, 2.24) is 0 Å². The van der Waals surface area contributed by atoms with Gasteiger partial charge < -0.3 is 18.9 Å². The molecule has 0 fully saturated rings. The highest BCUT2D eigenvalue weighted by Gasteiger charge is 2.27. The number of likely N-dealkylation sites (N-methyl/N-ethyl adjacent to an activating group) is 1. The molecule has 0 aromatic heterocycles. The van der Waals surface area contributed by atoms with Crippen molar-refractivity contribution >= 4 is 19.8 Å². The molecule has 0 spiro atoms. The first-order chi connectivity index (χ1) is 27.5. The maximum atomic E-state index is 12.7. The first-order valence-corrected chi connectivity index (χ1v) is 24.0. The maximum Gasteiger partial charge on any atom is 0.472 e. The van der Waals surface area contributed by atoms with Crippen molar-refractivity contribution in [2.45, 2.75) is 180 Å². The minimum absolute atomic E-state index is 0.0180. The number of phosphoric acid groups is 1. The van der Waals surface area contributed by atoms with Gasteiger partial charge in [0.15, 0.2) is 6.10 Å². The van der Waals surface area contributed by atoms with Crippen molar-refractivity contribution in [3.05, 3.63) is 60.8 Å². The molecule has 1 unspecified atom stereocenters. The van der Waals surface area contributed by atoms with Gasteiger partial charge in [0.25, 0.3) is 0 Å². The van der Waals surface area contributed by atoms with Crippen LogP contribution in [0.25, 0.3) is 0 Å². The zero-order valence-electron chi connectivity index (χ0n) is 37.1. The summed E-state index contributed by atoms with van der Waals surface area (Å²) in [6.07, 6.45) is 47.1. The predicted octanol–water partition coefficient (Wildman–Crippen LogP) is 12.9. The number of allylic oxidation sites excluding steroid dienone is 10. The van der Waals surface area contributed by atoms with E-state index in [1.165, 1.54) is 77.0 Å². The van der Waals surface area contributed by atoms with E-state index in [4.69, 9.17) is 18.5 Å². The monoisotopic (exact) mass is 823 g/mol. The Morgan fingerprint density at radius 2 is 0.965 bits per heavy atom. The average molecular weight is 823 g/mol. The number of rotatable bonds is 40. The van der Waals surface area contributed by atoms with Crippen LogP contribution in [-0.4, -0.2) is 74.9 Å². The summed E-state index contributed by atoms with van der Waals surface area (Å²) in [5.74, 6) is -0.879. The van der Waals surface area contributed by atoms with Gasteiger partial charge in [0.1, 0.15) is 19.8 Å². The minimum atomic E-state index is -4.39. The van der Waals surface area contributed by atoms with Crippen LogP contribution in [0.4, 0.5) is 0 Å². The zero-order chi connectivity index (χ0) is 42.1. The average Bonchev–Trinajstić information content (AvgIpc) is 3.16. The van der Waals surface area contributed by atoms with Gasteiger partial charge in [-0.3, -0.25) is 18.6 Å². The number of nitrogens with zero attached hydrogens (tertiary/aromatic N) is 1. The van der Waals surface area contributed by atoms with E-state index in [2.05, 4.69) is 68.5 Å². The molecule has 1 N–H and O–H groups in total. The van der Waals surface area contributed by atoms with Gasteiger partial charge in [-0.15, -0.1) is 0 Å². The maximum absolute atomic E-state index is 12.7. The molecule has 0 saturated carbocycles. The summed E-state index contributed by atoms with van der Waals surface area (Å²) in [7, 11) is 1.43. The molecule has 2 atom stereocenters. The van der Waals surface area contributed by atoms with E-state index >= 15 is 0 Å². The molecule has 57 heavy (non-hydrogen) atoms. The minimum Gasteiger partial charge on any atom is -0.462 e. The number of carbonyl (C=O) groups excluding carboxylic acids is 2. The van der Waals surface area contributed by atoms with E-state index in [1.54, 1.807) is 0 Å². The van der Waals surface area contributed by atoms with E-state index in [9.17, 15) is 19.0 Å². The molecular weight excluding hydrogens is 737 g/mol. The van der Waals surface area contributed by atoms with Gasteiger partial charge in [-0.1, -0.05) is 145 Å². The second kappa shape index (κ2) is 39.2. The smallest absolute Gasteiger partial charge is 0.462 e. The third-order valence-corrected chi connectivity index (χ3v) is 10.3. The van der Waals surface area contributed by atoms with Crippen molar-refractivity contribution in [2.75, 3.05) is 47.5 Å². The van der Waals surface area contributed by atoms with E-state index in [0.717, 1.165) is 57.8 Å². The van der Waals surface area contributed by atoms with Gasteiger partial charge in [-0.2, -0.15) is 0 Å². The molecular formula is C47H85NO8P+. The Labute approximate surface area is 349 Å². The van der Waals surface area contributed by atoms with Crippen molar-refractivity contribution in [1.29, 1.82) is 0 Å². The number of esters is 2. The molecule has 0 aliphatic rings. The topological polar surface area (TPSA) is 108 Å². The Hall–Kier alpha value is -2.29. The van der Waals surface area contributed by atoms with E-state index < -0.39 is 32.5 Å². The molecule has 0 aliphatic heterocycles. The highest BCUT2D eigenvalue weighted by Crippen LogP contribution is 2.43. The highest BCUT2D eigenvalue weighted by molar-refractivity contribution is 7.47. The third kappa shape index (κ3) is 43.1. The van der Waals surface area contributed by atoms with Crippen LogP contribution in [0.2, 0.25) is 0 Å². The molecule has 330 valence electrons. The zero-order valence-corrected chi connectivity index (χ0v) is 38.0. The molecule has 0 saturated heterocycles. The van der Waals surface area contributed by atoms with Crippen LogP contribution in [0.3, 0.4) is 0 Å². The fraction of sp³-hybridized carbons (Fsp3) is 0.745. The summed E-state index contributed by atoms with van der Waals surface area (Å²) >= 11 is 0. The second-order valence-corrected chi connectivity index (χ2v) is 17.5. The first-order valence-electron chi connectivity index (χ1n) is 22.5. The molecule has 0 amide bonds. The lowest BCUT2D eigenvalue weighted by Crippen LogP contribution is -2.37. The van der Waals surface area contributed by atoms with Gasteiger partial charge in [-0.05, 0) is 77.0 Å². The fourth-order valence-electron chi connectivity index (χ4n) is 5.71. The molecule has 0 rings (SSSR count). The Kier molecular flexibility index (Phi) is 37.6. The van der Waals surface area contributed by atoms with Crippen molar-refractivity contribution in [3.63, 3.8) is 0 Å². The van der Waals surface area contributed by atoms with Crippen molar-refractivity contribution < 1.29 is 42.1 Å². The van der Waals surface area contributed by atoms with Crippen LogP contribution >= 0.6 is 7.82 Å². The molecule has 0 bridgehead atoms. The lowest BCUT2D eigenvalue weighted by molar-refractivity contribution is -0.870. The Morgan fingerprint density at radius 1 is 0.544 bits per heavy atom. The summed E-state index contributed by atoms with van der Waals surface area (Å²) in [5, 5.41) is 0. The summed E-state index contributed by atoms with van der Waals surface area (Å²) < 4.78 is 34.2. The Bertz CT molecular complexity index is 1160. The lowest BCUT2D eigenvalue weighted by atomic mass is 10.1. The standard InChI is InChI=1S/C47H84NO8P/c1-6-8-10-12-14-16-18-20-21-22-23-24-25-26-27-28-30-32-34-36-38-40-47(50)56-45(44-55-57(51,52)54-42-41-48(3,4)5)43-53-46(49)39-37-35-33-31-29-19-17-15-13-11-9-7-2/h15,17,21-22,24-25,27-28,32,34,45H,6-14,16,18-20,23,26,29-31,33,35-44H2,1-5H3/p+1/b17-15+,22-21+,25-24+,28-27+,34-32+/t45-/m1/s1. The molecule has 9 nitrogen and oxygen atoms in total. The number of carbonyl (C=O) groups is 2. The largest absolute Gasteiger partial charge is 0.472 e. The van der Waals surface area contributed by atoms with E-state index in [1.807, 2.05) is 27.2 Å². The summed E-state index contributed by atoms with van der Waals surface area (Å²) in [4.78, 5) is 35.3. The highest BCUT2D eigenvalue weighted by atomic mass is 31.2. The first kappa shape index (κ1) is 54.7. The Balaban J connectivity index is 4.45. The van der Waals surface area contributed by atoms with Crippen molar-refractivity contribution in [3.8, 4) is 0 Å². The molecule has 0 heterocycles. The van der Waals surface area contributed by atoms with Crippen LogP contribution in [0, 0.1) is 0 Å². The fourth-order valence-corrected chi connectivity index (χ4v) is 6.45. The van der Waals surface area contributed by atoms with Crippen LogP contribution < -0.4 is 0 Å². The number of hydrogen-bond donors (Lipinski definition) is 1. The van der Waals surface area contributed by atoms with Gasteiger partial charge in [0.2, 0.25) is 0 Å². The molecule has 0 aromatic carbocycles. The SMILES string of the molecule is CCCCC/C=C/CCCCCCCC(=O)OC[C@H](COP(=O)(O)OCC[N+](C)(C)C)OC(=O)CCC/C=C/C/C=C/C/C=C/C/C=C/CCCCCCCCC. The van der Waals surface area contributed by atoms with Gasteiger partial charge in [-0.25, -0.2) is 4.57 Å². The van der Waals surface area contributed by atoms with Gasteiger partial charge >= 0.3 is 19.8 Å². The molecule has 0 aromatic rings. The van der Waals surface area contributed by atoms with E-state index in [-0.39, 0.29) is 26.1 Å². The predicted molar refractivity (Wildman–Crippen MR) is 238 cm³/mol. The summed E-state index contributed by atoms with van der Waals surface area (Å²) in [5.41, 5.74) is 0. The van der Waals surface area contributed by atoms with Crippen LogP contribution in [-0.2, 0) is 32.7 Å². The van der Waals surface area contributed by atoms with E-state index in [0.29, 0.717) is 23.9 Å². The Morgan fingerprint density at radius 3 is 1.51 bits per heavy atom. The van der Waals surface area contributed by atoms with Crippen LogP contribution in [0.5, 0.6) is 0 Å². The number of phosphoric ester groups is 1. The normalized spacial score (nSPS) is 14.1. The number of ether oxygens (including phenoxy) is 2. The number of quaternary nitrogens is 1. The van der Waals surface area contributed by atoms with Crippen LogP contribution in [0.15, 0.2) is 60.8 Å². The van der Waals surface area contributed by atoms with Crippen LogP contribution in [0.1, 0.15) is 174 Å². The van der Waals surface area contributed by atoms with Crippen molar-refractivity contribution in [2.24, 2.45) is 0 Å². The summed E-state index contributed by atoms with van der Waals surface area (Å²) in [6.45, 7) is 4.31.